The summed E-state index contributed by atoms with van der Waals surface area (Å²) in [5.74, 6) is 0.841. The Kier molecular flexibility index (Phi) is 5.23. The van der Waals surface area contributed by atoms with Crippen LogP contribution in [-0.2, 0) is 6.42 Å². The van der Waals surface area contributed by atoms with Gasteiger partial charge in [0, 0.05) is 5.69 Å². The minimum absolute atomic E-state index is 0.841. The molecule has 0 spiro atoms. The minimum atomic E-state index is 0.841. The molecule has 0 aliphatic carbocycles. The fourth-order valence-corrected chi connectivity index (χ4v) is 1.93. The largest absolute Gasteiger partial charge is 0.399 e. The van der Waals surface area contributed by atoms with Gasteiger partial charge in [-0.05, 0) is 30.0 Å². The lowest BCUT2D eigenvalue weighted by Crippen LogP contribution is -2.03. The Balaban J connectivity index is 2.47. The molecular weight excluding hydrogens is 182 g/mol. The zero-order valence-corrected chi connectivity index (χ0v) is 10.00. The van der Waals surface area contributed by atoms with Crippen molar-refractivity contribution in [3.8, 4) is 0 Å². The number of hydrogen-bond acceptors (Lipinski definition) is 1. The predicted octanol–water partition coefficient (Wildman–Crippen LogP) is 4.03. The van der Waals surface area contributed by atoms with E-state index in [9.17, 15) is 0 Å². The first kappa shape index (κ1) is 12.1. The van der Waals surface area contributed by atoms with Crippen molar-refractivity contribution in [3.05, 3.63) is 29.8 Å². The van der Waals surface area contributed by atoms with Gasteiger partial charge in [0.1, 0.15) is 0 Å². The number of nitrogen functional groups attached to an aromatic ring is 1. The van der Waals surface area contributed by atoms with E-state index in [1.165, 1.54) is 37.7 Å². The standard InChI is InChI=1S/C14H23N/c1-3-5-6-12(4-2)11-13-7-9-14(15)10-8-13/h7-10,12H,3-6,11,15H2,1-2H3. The van der Waals surface area contributed by atoms with E-state index < -0.39 is 0 Å². The fraction of sp³-hybridized carbons (Fsp3) is 0.571. The van der Waals surface area contributed by atoms with Crippen molar-refractivity contribution in [1.29, 1.82) is 0 Å². The predicted molar refractivity (Wildman–Crippen MR) is 67.9 cm³/mol. The second kappa shape index (κ2) is 6.49. The summed E-state index contributed by atoms with van der Waals surface area (Å²) in [4.78, 5) is 0. The second-order valence-corrected chi connectivity index (χ2v) is 4.36. The van der Waals surface area contributed by atoms with E-state index in [2.05, 4.69) is 26.0 Å². The number of unbranched alkanes of at least 4 members (excludes halogenated alkanes) is 1. The highest BCUT2D eigenvalue weighted by Crippen LogP contribution is 2.19. The summed E-state index contributed by atoms with van der Waals surface area (Å²) < 4.78 is 0. The zero-order chi connectivity index (χ0) is 11.1. The molecule has 0 bridgehead atoms. The summed E-state index contributed by atoms with van der Waals surface area (Å²) in [6.07, 6.45) is 6.50. The average molecular weight is 205 g/mol. The lowest BCUT2D eigenvalue weighted by molar-refractivity contribution is 0.449. The van der Waals surface area contributed by atoms with E-state index in [4.69, 9.17) is 5.73 Å². The van der Waals surface area contributed by atoms with Gasteiger partial charge in [-0.3, -0.25) is 0 Å². The molecule has 1 aromatic rings. The van der Waals surface area contributed by atoms with Gasteiger partial charge < -0.3 is 5.73 Å². The smallest absolute Gasteiger partial charge is 0.0314 e. The van der Waals surface area contributed by atoms with Crippen LogP contribution < -0.4 is 5.73 Å². The highest BCUT2D eigenvalue weighted by atomic mass is 14.5. The first-order valence-corrected chi connectivity index (χ1v) is 6.10. The topological polar surface area (TPSA) is 26.0 Å². The molecule has 84 valence electrons. The van der Waals surface area contributed by atoms with Crippen molar-refractivity contribution >= 4 is 5.69 Å². The maximum absolute atomic E-state index is 5.67. The summed E-state index contributed by atoms with van der Waals surface area (Å²) >= 11 is 0. The molecule has 2 N–H and O–H groups in total. The maximum atomic E-state index is 5.67. The first-order valence-electron chi connectivity index (χ1n) is 6.10. The number of hydrogen-bond donors (Lipinski definition) is 1. The summed E-state index contributed by atoms with van der Waals surface area (Å²) in [5, 5.41) is 0. The van der Waals surface area contributed by atoms with Gasteiger partial charge in [-0.25, -0.2) is 0 Å². The number of anilines is 1. The van der Waals surface area contributed by atoms with Crippen LogP contribution >= 0.6 is 0 Å². The van der Waals surface area contributed by atoms with Gasteiger partial charge >= 0.3 is 0 Å². The highest BCUT2D eigenvalue weighted by molar-refractivity contribution is 5.39. The van der Waals surface area contributed by atoms with E-state index in [-0.39, 0.29) is 0 Å². The fourth-order valence-electron chi connectivity index (χ4n) is 1.93. The third-order valence-electron chi connectivity index (χ3n) is 3.05. The van der Waals surface area contributed by atoms with Crippen LogP contribution in [0.5, 0.6) is 0 Å². The van der Waals surface area contributed by atoms with Crippen molar-refractivity contribution in [1.82, 2.24) is 0 Å². The van der Waals surface area contributed by atoms with Crippen LogP contribution in [-0.4, -0.2) is 0 Å². The van der Waals surface area contributed by atoms with Gasteiger partial charge in [0.05, 0.1) is 0 Å². The van der Waals surface area contributed by atoms with Gasteiger partial charge in [0.25, 0.3) is 0 Å². The Hall–Kier alpha value is -0.980. The molecule has 1 nitrogen and oxygen atoms in total. The lowest BCUT2D eigenvalue weighted by atomic mass is 9.92. The highest BCUT2D eigenvalue weighted by Gasteiger charge is 2.06. The first-order chi connectivity index (χ1) is 7.26. The number of nitrogens with two attached hydrogens (primary N) is 1. The molecule has 0 saturated heterocycles. The Bertz CT molecular complexity index is 263. The molecule has 0 aromatic heterocycles. The number of rotatable bonds is 6. The summed E-state index contributed by atoms with van der Waals surface area (Å²) in [5.41, 5.74) is 7.95. The van der Waals surface area contributed by atoms with Crippen LogP contribution in [0.4, 0.5) is 5.69 Å². The Morgan fingerprint density at radius 2 is 1.80 bits per heavy atom. The van der Waals surface area contributed by atoms with Crippen molar-refractivity contribution in [2.24, 2.45) is 5.92 Å². The van der Waals surface area contributed by atoms with Gasteiger partial charge in [-0.1, -0.05) is 51.7 Å². The Morgan fingerprint density at radius 1 is 1.13 bits per heavy atom. The summed E-state index contributed by atoms with van der Waals surface area (Å²) in [6.45, 7) is 4.55. The quantitative estimate of drug-likeness (QED) is 0.697. The molecule has 0 amide bonds. The molecular formula is C14H23N. The third kappa shape index (κ3) is 4.37. The number of benzene rings is 1. The minimum Gasteiger partial charge on any atom is -0.399 e. The van der Waals surface area contributed by atoms with Gasteiger partial charge in [0.2, 0.25) is 0 Å². The normalized spacial score (nSPS) is 12.7. The van der Waals surface area contributed by atoms with Crippen LogP contribution in [0.15, 0.2) is 24.3 Å². The van der Waals surface area contributed by atoms with Crippen LogP contribution in [0.25, 0.3) is 0 Å². The molecule has 0 heterocycles. The molecule has 0 saturated carbocycles. The van der Waals surface area contributed by atoms with Crippen molar-refractivity contribution < 1.29 is 0 Å². The molecule has 1 aromatic carbocycles. The van der Waals surface area contributed by atoms with Crippen LogP contribution in [0, 0.1) is 5.92 Å². The molecule has 0 fully saturated rings. The molecule has 0 aliphatic rings. The maximum Gasteiger partial charge on any atom is 0.0314 e. The molecule has 0 aliphatic heterocycles. The van der Waals surface area contributed by atoms with E-state index in [0.717, 1.165) is 11.6 Å². The van der Waals surface area contributed by atoms with E-state index >= 15 is 0 Å². The summed E-state index contributed by atoms with van der Waals surface area (Å²) in [6, 6.07) is 8.32. The van der Waals surface area contributed by atoms with E-state index in [1.54, 1.807) is 0 Å². The Morgan fingerprint density at radius 3 is 2.33 bits per heavy atom. The second-order valence-electron chi connectivity index (χ2n) is 4.36. The van der Waals surface area contributed by atoms with E-state index in [1.807, 2.05) is 12.1 Å². The van der Waals surface area contributed by atoms with Gasteiger partial charge in [-0.2, -0.15) is 0 Å². The van der Waals surface area contributed by atoms with Gasteiger partial charge in [-0.15, -0.1) is 0 Å². The molecule has 1 unspecified atom stereocenters. The molecule has 0 radical (unpaired) electrons. The molecule has 15 heavy (non-hydrogen) atoms. The molecule has 1 heteroatoms. The van der Waals surface area contributed by atoms with Crippen LogP contribution in [0.3, 0.4) is 0 Å². The zero-order valence-electron chi connectivity index (χ0n) is 10.00. The molecule has 1 rings (SSSR count). The SMILES string of the molecule is CCCCC(CC)Cc1ccc(N)cc1. The van der Waals surface area contributed by atoms with Crippen LogP contribution in [0.1, 0.15) is 45.1 Å². The van der Waals surface area contributed by atoms with Crippen molar-refractivity contribution in [2.75, 3.05) is 5.73 Å². The Labute approximate surface area is 93.7 Å². The van der Waals surface area contributed by atoms with Crippen LogP contribution in [0.2, 0.25) is 0 Å². The molecule has 1 atom stereocenters. The third-order valence-corrected chi connectivity index (χ3v) is 3.05. The summed E-state index contributed by atoms with van der Waals surface area (Å²) in [7, 11) is 0. The average Bonchev–Trinajstić information content (AvgIpc) is 2.27. The lowest BCUT2D eigenvalue weighted by Gasteiger charge is -2.14. The van der Waals surface area contributed by atoms with Gasteiger partial charge in [0.15, 0.2) is 0 Å². The van der Waals surface area contributed by atoms with Crippen molar-refractivity contribution in [2.45, 2.75) is 46.0 Å². The van der Waals surface area contributed by atoms with E-state index in [0.29, 0.717) is 0 Å². The monoisotopic (exact) mass is 205 g/mol. The van der Waals surface area contributed by atoms with Crippen molar-refractivity contribution in [3.63, 3.8) is 0 Å².